The zero-order valence-electron chi connectivity index (χ0n) is 8.27. The number of carbonyl (C=O) groups excluding carboxylic acids is 1. The Hall–Kier alpha value is -0.650. The molecule has 2 atom stereocenters. The molecule has 80 valence electrons. The number of rotatable bonds is 2. The minimum atomic E-state index is -0.372. The Balaban J connectivity index is 1.79. The van der Waals surface area contributed by atoms with Gasteiger partial charge in [0, 0.05) is 26.7 Å². The van der Waals surface area contributed by atoms with E-state index in [4.69, 9.17) is 4.74 Å². The number of carbonyl (C=O) groups is 1. The van der Waals surface area contributed by atoms with E-state index in [1.165, 1.54) is 0 Å². The van der Waals surface area contributed by atoms with Gasteiger partial charge in [0.05, 0.1) is 18.2 Å². The van der Waals surface area contributed by atoms with E-state index in [1.807, 2.05) is 0 Å². The SMILES string of the molecule is COC1CN(C(=O)C2CC(O)CN2)C1. The summed E-state index contributed by atoms with van der Waals surface area (Å²) >= 11 is 0. The molecule has 1 amide bonds. The molecule has 2 aliphatic rings. The third kappa shape index (κ3) is 1.75. The maximum Gasteiger partial charge on any atom is 0.239 e. The number of methoxy groups -OCH3 is 1. The molecule has 2 saturated heterocycles. The van der Waals surface area contributed by atoms with Gasteiger partial charge in [-0.3, -0.25) is 4.79 Å². The molecule has 2 unspecified atom stereocenters. The molecule has 0 saturated carbocycles. The third-order valence-corrected chi connectivity index (χ3v) is 2.90. The van der Waals surface area contributed by atoms with Crippen molar-refractivity contribution < 1.29 is 14.6 Å². The molecular formula is C9H16N2O3. The molecule has 2 aliphatic heterocycles. The minimum absolute atomic E-state index is 0.0925. The summed E-state index contributed by atoms with van der Waals surface area (Å²) in [6.07, 6.45) is 0.362. The van der Waals surface area contributed by atoms with E-state index in [0.717, 1.165) is 0 Å². The van der Waals surface area contributed by atoms with Crippen molar-refractivity contribution in [1.82, 2.24) is 10.2 Å². The van der Waals surface area contributed by atoms with Crippen molar-refractivity contribution in [2.24, 2.45) is 0 Å². The number of likely N-dealkylation sites (tertiary alicyclic amines) is 1. The van der Waals surface area contributed by atoms with Crippen molar-refractivity contribution in [2.45, 2.75) is 24.7 Å². The number of nitrogens with one attached hydrogen (secondary N) is 1. The Morgan fingerprint density at radius 1 is 1.57 bits per heavy atom. The van der Waals surface area contributed by atoms with Gasteiger partial charge in [0.1, 0.15) is 0 Å². The third-order valence-electron chi connectivity index (χ3n) is 2.90. The lowest BCUT2D eigenvalue weighted by Gasteiger charge is -2.39. The van der Waals surface area contributed by atoms with Crippen molar-refractivity contribution in [1.29, 1.82) is 0 Å². The molecule has 0 bridgehead atoms. The first kappa shape index (κ1) is 9.89. The van der Waals surface area contributed by atoms with Gasteiger partial charge < -0.3 is 20.1 Å². The van der Waals surface area contributed by atoms with Crippen molar-refractivity contribution in [3.63, 3.8) is 0 Å². The van der Waals surface area contributed by atoms with Crippen molar-refractivity contribution in [3.8, 4) is 0 Å². The summed E-state index contributed by atoms with van der Waals surface area (Å²) in [7, 11) is 1.66. The lowest BCUT2D eigenvalue weighted by Crippen LogP contribution is -2.58. The van der Waals surface area contributed by atoms with Gasteiger partial charge in [0.15, 0.2) is 0 Å². The molecule has 2 heterocycles. The van der Waals surface area contributed by atoms with E-state index >= 15 is 0 Å². The summed E-state index contributed by atoms with van der Waals surface area (Å²) in [5.41, 5.74) is 0. The molecule has 14 heavy (non-hydrogen) atoms. The zero-order chi connectivity index (χ0) is 10.1. The van der Waals surface area contributed by atoms with Crippen LogP contribution >= 0.6 is 0 Å². The van der Waals surface area contributed by atoms with Crippen LogP contribution in [0, 0.1) is 0 Å². The normalized spacial score (nSPS) is 33.1. The maximum atomic E-state index is 11.7. The van der Waals surface area contributed by atoms with Gasteiger partial charge in [-0.05, 0) is 6.42 Å². The highest BCUT2D eigenvalue weighted by molar-refractivity contribution is 5.83. The van der Waals surface area contributed by atoms with E-state index < -0.39 is 0 Å². The first-order valence-corrected chi connectivity index (χ1v) is 4.93. The van der Waals surface area contributed by atoms with Crippen LogP contribution in [0.15, 0.2) is 0 Å². The second-order valence-electron chi connectivity index (χ2n) is 3.95. The van der Waals surface area contributed by atoms with E-state index in [-0.39, 0.29) is 24.2 Å². The number of amides is 1. The lowest BCUT2D eigenvalue weighted by atomic mass is 10.1. The lowest BCUT2D eigenvalue weighted by molar-refractivity contribution is -0.145. The van der Waals surface area contributed by atoms with Gasteiger partial charge in [-0.25, -0.2) is 0 Å². The fourth-order valence-electron chi connectivity index (χ4n) is 1.89. The van der Waals surface area contributed by atoms with Crippen molar-refractivity contribution in [2.75, 3.05) is 26.7 Å². The summed E-state index contributed by atoms with van der Waals surface area (Å²) in [4.78, 5) is 13.5. The summed E-state index contributed by atoms with van der Waals surface area (Å²) in [5, 5.41) is 12.3. The molecule has 2 fully saturated rings. The van der Waals surface area contributed by atoms with Gasteiger partial charge in [-0.15, -0.1) is 0 Å². The van der Waals surface area contributed by atoms with E-state index in [0.29, 0.717) is 26.1 Å². The Bertz CT molecular complexity index is 228. The molecule has 5 heteroatoms. The second kappa shape index (κ2) is 3.84. The topological polar surface area (TPSA) is 61.8 Å². The highest BCUT2D eigenvalue weighted by Crippen LogP contribution is 2.16. The highest BCUT2D eigenvalue weighted by atomic mass is 16.5. The molecule has 0 radical (unpaired) electrons. The van der Waals surface area contributed by atoms with Crippen LogP contribution in [-0.2, 0) is 9.53 Å². The summed E-state index contributed by atoms with van der Waals surface area (Å²) < 4.78 is 5.09. The van der Waals surface area contributed by atoms with Gasteiger partial charge >= 0.3 is 0 Å². The monoisotopic (exact) mass is 200 g/mol. The highest BCUT2D eigenvalue weighted by Gasteiger charge is 2.37. The summed E-state index contributed by atoms with van der Waals surface area (Å²) in [6.45, 7) is 1.89. The first-order valence-electron chi connectivity index (χ1n) is 4.93. The average Bonchev–Trinajstić information content (AvgIpc) is 2.49. The second-order valence-corrected chi connectivity index (χ2v) is 3.95. The Kier molecular flexibility index (Phi) is 2.71. The van der Waals surface area contributed by atoms with E-state index in [2.05, 4.69) is 5.32 Å². The van der Waals surface area contributed by atoms with E-state index in [1.54, 1.807) is 12.0 Å². The van der Waals surface area contributed by atoms with Crippen LogP contribution in [0.3, 0.4) is 0 Å². The first-order chi connectivity index (χ1) is 6.70. The van der Waals surface area contributed by atoms with Gasteiger partial charge in [0.2, 0.25) is 5.91 Å². The molecule has 0 aromatic carbocycles. The molecule has 0 spiro atoms. The van der Waals surface area contributed by atoms with Crippen LogP contribution in [0.4, 0.5) is 0 Å². The van der Waals surface area contributed by atoms with E-state index in [9.17, 15) is 9.90 Å². The standard InChI is InChI=1S/C9H16N2O3/c1-14-7-4-11(5-7)9(13)8-2-6(12)3-10-8/h6-8,10,12H,2-5H2,1H3. The molecule has 2 N–H and O–H groups in total. The van der Waals surface area contributed by atoms with Crippen molar-refractivity contribution in [3.05, 3.63) is 0 Å². The summed E-state index contributed by atoms with van der Waals surface area (Å²) in [5.74, 6) is 0.0925. The number of nitrogens with zero attached hydrogens (tertiary/aromatic N) is 1. The fraction of sp³-hybridized carbons (Fsp3) is 0.889. The molecule has 5 nitrogen and oxygen atoms in total. The number of aliphatic hydroxyl groups excluding tert-OH is 1. The van der Waals surface area contributed by atoms with Crippen LogP contribution in [0.2, 0.25) is 0 Å². The zero-order valence-corrected chi connectivity index (χ0v) is 8.27. The van der Waals surface area contributed by atoms with Crippen LogP contribution in [0.25, 0.3) is 0 Å². The Morgan fingerprint density at radius 3 is 2.79 bits per heavy atom. The minimum Gasteiger partial charge on any atom is -0.392 e. The number of hydrogen-bond acceptors (Lipinski definition) is 4. The number of aliphatic hydroxyl groups is 1. The van der Waals surface area contributed by atoms with Crippen LogP contribution in [0.1, 0.15) is 6.42 Å². The molecule has 0 aromatic heterocycles. The molecule has 0 aromatic rings. The van der Waals surface area contributed by atoms with Gasteiger partial charge in [-0.2, -0.15) is 0 Å². The van der Waals surface area contributed by atoms with Crippen LogP contribution in [-0.4, -0.2) is 60.9 Å². The molecule has 2 rings (SSSR count). The fourth-order valence-corrected chi connectivity index (χ4v) is 1.89. The largest absolute Gasteiger partial charge is 0.392 e. The average molecular weight is 200 g/mol. The Morgan fingerprint density at radius 2 is 2.29 bits per heavy atom. The predicted octanol–water partition coefficient (Wildman–Crippen LogP) is -1.43. The smallest absolute Gasteiger partial charge is 0.239 e. The summed E-state index contributed by atoms with van der Waals surface area (Å²) in [6, 6.07) is -0.192. The number of β-amino-alcohol motifs (C(OH)–C–C–N with tert-alkyl or cyclic N) is 1. The molecule has 0 aliphatic carbocycles. The maximum absolute atomic E-state index is 11.7. The Labute approximate surface area is 83.0 Å². The van der Waals surface area contributed by atoms with Gasteiger partial charge in [-0.1, -0.05) is 0 Å². The molecular weight excluding hydrogens is 184 g/mol. The quantitative estimate of drug-likeness (QED) is 0.573. The number of hydrogen-bond donors (Lipinski definition) is 2. The van der Waals surface area contributed by atoms with Crippen LogP contribution in [0.5, 0.6) is 0 Å². The van der Waals surface area contributed by atoms with Gasteiger partial charge in [0.25, 0.3) is 0 Å². The van der Waals surface area contributed by atoms with Crippen molar-refractivity contribution >= 4 is 5.91 Å². The van der Waals surface area contributed by atoms with Crippen LogP contribution < -0.4 is 5.32 Å². The predicted molar refractivity (Wildman–Crippen MR) is 49.8 cm³/mol. The number of ether oxygens (including phenoxy) is 1.